The number of aryl methyl sites for hydroxylation is 1. The molecule has 2 saturated heterocycles. The molecule has 2 aliphatic rings. The molecule has 0 bridgehead atoms. The van der Waals surface area contributed by atoms with Crippen LogP contribution < -0.4 is 10.2 Å². The highest BCUT2D eigenvalue weighted by Gasteiger charge is 2.35. The lowest BCUT2D eigenvalue weighted by Gasteiger charge is -2.34. The molecule has 2 heterocycles. The van der Waals surface area contributed by atoms with Crippen molar-refractivity contribution in [3.05, 3.63) is 59.9 Å². The Morgan fingerprint density at radius 2 is 1.79 bits per heavy atom. The second-order valence-electron chi connectivity index (χ2n) is 8.74. The first-order chi connectivity index (χ1) is 16.2. The van der Waals surface area contributed by atoms with Crippen LogP contribution in [0, 0.1) is 18.7 Å². The summed E-state index contributed by atoms with van der Waals surface area (Å²) >= 11 is 0. The number of rotatable bonds is 7. The van der Waals surface area contributed by atoms with Crippen LogP contribution in [0.3, 0.4) is 0 Å². The molecule has 2 aromatic carbocycles. The number of carbonyl (C=O) groups is 2. The van der Waals surface area contributed by atoms with Crippen LogP contribution in [0.5, 0.6) is 0 Å². The van der Waals surface area contributed by atoms with E-state index in [-0.39, 0.29) is 24.8 Å². The Bertz CT molecular complexity index is 1150. The van der Waals surface area contributed by atoms with Crippen molar-refractivity contribution in [2.75, 3.05) is 50.7 Å². The Morgan fingerprint density at radius 1 is 1.09 bits per heavy atom. The maximum absolute atomic E-state index is 13.5. The fourth-order valence-electron chi connectivity index (χ4n) is 4.31. The van der Waals surface area contributed by atoms with Crippen LogP contribution in [0.1, 0.15) is 12.0 Å². The van der Waals surface area contributed by atoms with E-state index >= 15 is 0 Å². The number of anilines is 1. The van der Waals surface area contributed by atoms with E-state index < -0.39 is 21.8 Å². The number of carbonyl (C=O) groups excluding carboxylic acids is 2. The molecule has 4 rings (SSSR count). The van der Waals surface area contributed by atoms with Crippen molar-refractivity contribution in [1.82, 2.24) is 14.5 Å². The van der Waals surface area contributed by atoms with E-state index in [2.05, 4.69) is 10.2 Å². The van der Waals surface area contributed by atoms with Crippen LogP contribution in [0.2, 0.25) is 0 Å². The third kappa shape index (κ3) is 5.45. The summed E-state index contributed by atoms with van der Waals surface area (Å²) < 4.78 is 40.6. The molecule has 2 fully saturated rings. The highest BCUT2D eigenvalue weighted by molar-refractivity contribution is 7.89. The number of piperazine rings is 1. The van der Waals surface area contributed by atoms with Gasteiger partial charge in [0.15, 0.2) is 0 Å². The lowest BCUT2D eigenvalue weighted by molar-refractivity contribution is -0.126. The van der Waals surface area contributed by atoms with Gasteiger partial charge in [-0.2, -0.15) is 4.31 Å². The summed E-state index contributed by atoms with van der Waals surface area (Å²) in [6.45, 7) is 5.09. The molecule has 0 radical (unpaired) electrons. The van der Waals surface area contributed by atoms with Gasteiger partial charge in [0.05, 0.1) is 10.8 Å². The molecule has 0 aliphatic carbocycles. The molecule has 1 unspecified atom stereocenters. The molecule has 1 atom stereocenters. The average Bonchev–Trinajstić information content (AvgIpc) is 3.21. The van der Waals surface area contributed by atoms with Gasteiger partial charge in [-0.05, 0) is 37.3 Å². The molecule has 2 aliphatic heterocycles. The minimum absolute atomic E-state index is 0.0951. The van der Waals surface area contributed by atoms with Gasteiger partial charge in [-0.3, -0.25) is 14.5 Å². The first kappa shape index (κ1) is 24.3. The van der Waals surface area contributed by atoms with Crippen LogP contribution in [0.4, 0.5) is 10.1 Å². The molecule has 10 heteroatoms. The Labute approximate surface area is 199 Å². The van der Waals surface area contributed by atoms with Gasteiger partial charge in [0.25, 0.3) is 0 Å². The van der Waals surface area contributed by atoms with Gasteiger partial charge in [-0.1, -0.05) is 23.8 Å². The molecule has 34 heavy (non-hydrogen) atoms. The zero-order valence-electron chi connectivity index (χ0n) is 19.1. The van der Waals surface area contributed by atoms with Crippen LogP contribution >= 0.6 is 0 Å². The zero-order valence-corrected chi connectivity index (χ0v) is 19.9. The molecule has 0 saturated carbocycles. The number of halogens is 1. The zero-order chi connectivity index (χ0) is 24.3. The number of sulfonamides is 1. The number of nitrogens with one attached hydrogen (secondary N) is 1. The monoisotopic (exact) mass is 488 g/mol. The minimum Gasteiger partial charge on any atom is -0.355 e. The van der Waals surface area contributed by atoms with Crippen molar-refractivity contribution in [3.8, 4) is 0 Å². The van der Waals surface area contributed by atoms with E-state index in [1.807, 2.05) is 6.92 Å². The quantitative estimate of drug-likeness (QED) is 0.640. The molecule has 0 aromatic heterocycles. The number of hydrogen-bond acceptors (Lipinski definition) is 5. The van der Waals surface area contributed by atoms with E-state index in [9.17, 15) is 22.4 Å². The maximum Gasteiger partial charge on any atom is 0.243 e. The number of hydrogen-bond donors (Lipinski definition) is 1. The van der Waals surface area contributed by atoms with Crippen molar-refractivity contribution in [2.24, 2.45) is 5.92 Å². The topological polar surface area (TPSA) is 90.0 Å². The van der Waals surface area contributed by atoms with Gasteiger partial charge in [0, 0.05) is 57.9 Å². The SMILES string of the molecule is Cc1ccc(S(=O)(=O)N2CCN(CCNC(=O)C3CC(=O)N(c4cccc(F)c4)C3)CC2)cc1. The number of nitrogens with zero attached hydrogens (tertiary/aromatic N) is 3. The summed E-state index contributed by atoms with van der Waals surface area (Å²) in [5, 5.41) is 2.88. The van der Waals surface area contributed by atoms with Crippen LogP contribution in [0.15, 0.2) is 53.4 Å². The Hall–Kier alpha value is -2.82. The first-order valence-electron chi connectivity index (χ1n) is 11.4. The van der Waals surface area contributed by atoms with Crippen molar-refractivity contribution < 1.29 is 22.4 Å². The van der Waals surface area contributed by atoms with E-state index in [4.69, 9.17) is 0 Å². The first-order valence-corrected chi connectivity index (χ1v) is 12.8. The summed E-state index contributed by atoms with van der Waals surface area (Å²) in [5.41, 5.74) is 1.47. The Kier molecular flexibility index (Phi) is 7.30. The van der Waals surface area contributed by atoms with Gasteiger partial charge in [-0.25, -0.2) is 12.8 Å². The van der Waals surface area contributed by atoms with E-state index in [0.717, 1.165) is 5.56 Å². The summed E-state index contributed by atoms with van der Waals surface area (Å²) in [6, 6.07) is 12.6. The highest BCUT2D eigenvalue weighted by atomic mass is 32.2. The van der Waals surface area contributed by atoms with Crippen molar-refractivity contribution >= 4 is 27.5 Å². The van der Waals surface area contributed by atoms with Crippen LogP contribution in [-0.2, 0) is 19.6 Å². The summed E-state index contributed by atoms with van der Waals surface area (Å²) in [5.74, 6) is -1.30. The highest BCUT2D eigenvalue weighted by Crippen LogP contribution is 2.25. The van der Waals surface area contributed by atoms with Crippen LogP contribution in [-0.4, -0.2) is 75.3 Å². The standard InChI is InChI=1S/C24H29FN4O4S/c1-18-5-7-22(8-6-18)34(32,33)28-13-11-27(12-14-28)10-9-26-24(31)19-15-23(30)29(17-19)21-4-2-3-20(25)16-21/h2-8,16,19H,9-15,17H2,1H3,(H,26,31). The van der Waals surface area contributed by atoms with Gasteiger partial charge < -0.3 is 10.2 Å². The van der Waals surface area contributed by atoms with Crippen molar-refractivity contribution in [2.45, 2.75) is 18.2 Å². The van der Waals surface area contributed by atoms with Gasteiger partial charge in [0.1, 0.15) is 5.82 Å². The molecule has 182 valence electrons. The summed E-state index contributed by atoms with van der Waals surface area (Å²) in [6.07, 6.45) is 0.0951. The van der Waals surface area contributed by atoms with Crippen molar-refractivity contribution in [3.63, 3.8) is 0 Å². The Balaban J connectivity index is 1.22. The average molecular weight is 489 g/mol. The largest absolute Gasteiger partial charge is 0.355 e. The normalized spacial score (nSPS) is 20.0. The van der Waals surface area contributed by atoms with E-state index in [1.165, 1.54) is 27.4 Å². The molecular weight excluding hydrogens is 459 g/mol. The third-order valence-electron chi connectivity index (χ3n) is 6.33. The maximum atomic E-state index is 13.5. The molecule has 2 aromatic rings. The molecule has 8 nitrogen and oxygen atoms in total. The molecule has 1 N–H and O–H groups in total. The summed E-state index contributed by atoms with van der Waals surface area (Å²) in [7, 11) is -3.51. The third-order valence-corrected chi connectivity index (χ3v) is 8.25. The second kappa shape index (κ2) is 10.2. The predicted octanol–water partition coefficient (Wildman–Crippen LogP) is 1.61. The minimum atomic E-state index is -3.51. The summed E-state index contributed by atoms with van der Waals surface area (Å²) in [4.78, 5) is 28.7. The van der Waals surface area contributed by atoms with Gasteiger partial charge >= 0.3 is 0 Å². The number of benzene rings is 2. The van der Waals surface area contributed by atoms with Crippen molar-refractivity contribution in [1.29, 1.82) is 0 Å². The lowest BCUT2D eigenvalue weighted by atomic mass is 10.1. The second-order valence-corrected chi connectivity index (χ2v) is 10.7. The lowest BCUT2D eigenvalue weighted by Crippen LogP contribution is -2.50. The van der Waals surface area contributed by atoms with Gasteiger partial charge in [0.2, 0.25) is 21.8 Å². The predicted molar refractivity (Wildman–Crippen MR) is 126 cm³/mol. The van der Waals surface area contributed by atoms with E-state index in [0.29, 0.717) is 49.9 Å². The smallest absolute Gasteiger partial charge is 0.243 e. The van der Waals surface area contributed by atoms with E-state index in [1.54, 1.807) is 30.3 Å². The Morgan fingerprint density at radius 3 is 2.47 bits per heavy atom. The van der Waals surface area contributed by atoms with Crippen LogP contribution in [0.25, 0.3) is 0 Å². The fraction of sp³-hybridized carbons (Fsp3) is 0.417. The molecule has 0 spiro atoms. The number of amides is 2. The van der Waals surface area contributed by atoms with Gasteiger partial charge in [-0.15, -0.1) is 0 Å². The molecule has 2 amide bonds. The fourth-order valence-corrected chi connectivity index (χ4v) is 5.73. The molecular formula is C24H29FN4O4S.